The van der Waals surface area contributed by atoms with Crippen molar-refractivity contribution in [2.75, 3.05) is 31.1 Å². The van der Waals surface area contributed by atoms with Crippen molar-refractivity contribution in [3.8, 4) is 0 Å². The molecule has 0 amide bonds. The quantitative estimate of drug-likeness (QED) is 0.424. The topological polar surface area (TPSA) is 22.3 Å². The Morgan fingerprint density at radius 1 is 0.710 bits per heavy atom. The SMILES string of the molecule is CC(C)c1ccc2[nH]cc(N3CCN(C(c4ccccc4)c4ccccc4)CC3)c2c1. The number of benzene rings is 3. The van der Waals surface area contributed by atoms with Crippen LogP contribution in [0.4, 0.5) is 5.69 Å². The Hall–Kier alpha value is -3.04. The van der Waals surface area contributed by atoms with Gasteiger partial charge >= 0.3 is 0 Å². The summed E-state index contributed by atoms with van der Waals surface area (Å²) in [6.45, 7) is 8.69. The van der Waals surface area contributed by atoms with E-state index in [0.717, 1.165) is 26.2 Å². The molecule has 158 valence electrons. The molecule has 0 aliphatic carbocycles. The van der Waals surface area contributed by atoms with Crippen molar-refractivity contribution < 1.29 is 0 Å². The predicted octanol–water partition coefficient (Wildman–Crippen LogP) is 6.20. The van der Waals surface area contributed by atoms with Crippen molar-refractivity contribution >= 4 is 16.6 Å². The van der Waals surface area contributed by atoms with Crippen LogP contribution >= 0.6 is 0 Å². The first kappa shape index (κ1) is 19.9. The summed E-state index contributed by atoms with van der Waals surface area (Å²) in [5, 5.41) is 1.35. The number of anilines is 1. The molecule has 1 aliphatic heterocycles. The van der Waals surface area contributed by atoms with E-state index in [2.05, 4.69) is 114 Å². The zero-order chi connectivity index (χ0) is 21.2. The summed E-state index contributed by atoms with van der Waals surface area (Å²) in [6, 6.07) is 29.0. The van der Waals surface area contributed by atoms with E-state index in [1.165, 1.54) is 33.3 Å². The summed E-state index contributed by atoms with van der Waals surface area (Å²) in [7, 11) is 0. The maximum atomic E-state index is 3.48. The standard InChI is InChI=1S/C28H31N3/c1-21(2)24-13-14-26-25(19-24)27(20-29-26)30-15-17-31(18-16-30)28(22-9-5-3-6-10-22)23-11-7-4-8-12-23/h3-14,19-21,28-29H,15-18H2,1-2H3. The van der Waals surface area contributed by atoms with Gasteiger partial charge in [-0.1, -0.05) is 80.6 Å². The van der Waals surface area contributed by atoms with E-state index in [1.807, 2.05) is 0 Å². The summed E-state index contributed by atoms with van der Waals surface area (Å²) in [5.74, 6) is 0.543. The highest BCUT2D eigenvalue weighted by atomic mass is 15.3. The Balaban J connectivity index is 1.39. The number of H-pyrrole nitrogens is 1. The van der Waals surface area contributed by atoms with Crippen LogP contribution in [-0.2, 0) is 0 Å². The summed E-state index contributed by atoms with van der Waals surface area (Å²) >= 11 is 0. The Labute approximate surface area is 185 Å². The first-order valence-corrected chi connectivity index (χ1v) is 11.4. The van der Waals surface area contributed by atoms with Crippen LogP contribution in [-0.4, -0.2) is 36.1 Å². The van der Waals surface area contributed by atoms with Crippen molar-refractivity contribution in [3.63, 3.8) is 0 Å². The molecule has 3 nitrogen and oxygen atoms in total. The number of hydrogen-bond donors (Lipinski definition) is 1. The van der Waals surface area contributed by atoms with E-state index >= 15 is 0 Å². The van der Waals surface area contributed by atoms with Gasteiger partial charge in [0, 0.05) is 43.3 Å². The van der Waals surface area contributed by atoms with Crippen molar-refractivity contribution in [1.29, 1.82) is 0 Å². The lowest BCUT2D eigenvalue weighted by atomic mass is 9.96. The Morgan fingerprint density at radius 2 is 1.32 bits per heavy atom. The molecule has 0 bridgehead atoms. The van der Waals surface area contributed by atoms with Gasteiger partial charge in [0.05, 0.1) is 11.7 Å². The second-order valence-corrected chi connectivity index (χ2v) is 8.88. The van der Waals surface area contributed by atoms with E-state index in [1.54, 1.807) is 0 Å². The molecule has 3 heteroatoms. The number of piperazine rings is 1. The lowest BCUT2D eigenvalue weighted by Crippen LogP contribution is -2.47. The summed E-state index contributed by atoms with van der Waals surface area (Å²) in [5.41, 5.74) is 6.72. The summed E-state index contributed by atoms with van der Waals surface area (Å²) in [6.07, 6.45) is 2.19. The lowest BCUT2D eigenvalue weighted by Gasteiger charge is -2.40. The molecular formula is C28H31N3. The minimum absolute atomic E-state index is 0.306. The zero-order valence-corrected chi connectivity index (χ0v) is 18.5. The molecule has 1 saturated heterocycles. The van der Waals surface area contributed by atoms with E-state index in [9.17, 15) is 0 Å². The van der Waals surface area contributed by atoms with Crippen molar-refractivity contribution in [1.82, 2.24) is 9.88 Å². The minimum Gasteiger partial charge on any atom is -0.367 e. The largest absolute Gasteiger partial charge is 0.367 e. The van der Waals surface area contributed by atoms with E-state index < -0.39 is 0 Å². The predicted molar refractivity (Wildman–Crippen MR) is 131 cm³/mol. The third-order valence-corrected chi connectivity index (χ3v) is 6.60. The summed E-state index contributed by atoms with van der Waals surface area (Å²) in [4.78, 5) is 8.66. The number of rotatable bonds is 5. The highest BCUT2D eigenvalue weighted by molar-refractivity contribution is 5.93. The van der Waals surface area contributed by atoms with Crippen LogP contribution in [0.2, 0.25) is 0 Å². The molecule has 0 radical (unpaired) electrons. The van der Waals surface area contributed by atoms with Crippen LogP contribution in [0.5, 0.6) is 0 Å². The average Bonchev–Trinajstić information content (AvgIpc) is 3.24. The molecule has 31 heavy (non-hydrogen) atoms. The van der Waals surface area contributed by atoms with Gasteiger partial charge in [-0.2, -0.15) is 0 Å². The molecule has 2 heterocycles. The number of fused-ring (bicyclic) bond motifs is 1. The first-order valence-electron chi connectivity index (χ1n) is 11.4. The van der Waals surface area contributed by atoms with Gasteiger partial charge in [-0.25, -0.2) is 0 Å². The molecule has 0 spiro atoms. The molecule has 1 fully saturated rings. The third-order valence-electron chi connectivity index (χ3n) is 6.60. The Kier molecular flexibility index (Phi) is 5.52. The normalized spacial score (nSPS) is 15.3. The Bertz CT molecular complexity index is 1080. The minimum atomic E-state index is 0.306. The fourth-order valence-electron chi connectivity index (χ4n) is 4.85. The molecular weight excluding hydrogens is 378 g/mol. The first-order chi connectivity index (χ1) is 15.2. The van der Waals surface area contributed by atoms with Gasteiger partial charge in [0.1, 0.15) is 0 Å². The second kappa shape index (κ2) is 8.60. The highest BCUT2D eigenvalue weighted by Crippen LogP contribution is 2.33. The summed E-state index contributed by atoms with van der Waals surface area (Å²) < 4.78 is 0. The van der Waals surface area contributed by atoms with Gasteiger partial charge in [0.15, 0.2) is 0 Å². The smallest absolute Gasteiger partial charge is 0.0624 e. The number of nitrogens with one attached hydrogen (secondary N) is 1. The molecule has 0 unspecified atom stereocenters. The molecule has 1 aliphatic rings. The fraction of sp³-hybridized carbons (Fsp3) is 0.286. The van der Waals surface area contributed by atoms with Crippen LogP contribution < -0.4 is 4.90 Å². The van der Waals surface area contributed by atoms with Crippen LogP contribution in [0.25, 0.3) is 10.9 Å². The lowest BCUT2D eigenvalue weighted by molar-refractivity contribution is 0.212. The van der Waals surface area contributed by atoms with Gasteiger partial charge in [-0.05, 0) is 34.7 Å². The molecule has 1 aromatic heterocycles. The molecule has 0 saturated carbocycles. The van der Waals surface area contributed by atoms with Crippen LogP contribution in [0.3, 0.4) is 0 Å². The van der Waals surface area contributed by atoms with Crippen molar-refractivity contribution in [2.45, 2.75) is 25.8 Å². The molecule has 3 aromatic carbocycles. The van der Waals surface area contributed by atoms with Crippen molar-refractivity contribution in [3.05, 3.63) is 102 Å². The zero-order valence-electron chi connectivity index (χ0n) is 18.5. The van der Waals surface area contributed by atoms with Gasteiger partial charge in [0.25, 0.3) is 0 Å². The van der Waals surface area contributed by atoms with Gasteiger partial charge in [-0.3, -0.25) is 4.90 Å². The molecule has 0 atom stereocenters. The van der Waals surface area contributed by atoms with Crippen LogP contribution in [0, 0.1) is 0 Å². The number of aromatic amines is 1. The van der Waals surface area contributed by atoms with Gasteiger partial charge in [-0.15, -0.1) is 0 Å². The van der Waals surface area contributed by atoms with Gasteiger partial charge in [0.2, 0.25) is 0 Å². The van der Waals surface area contributed by atoms with E-state index in [-0.39, 0.29) is 0 Å². The van der Waals surface area contributed by atoms with E-state index in [4.69, 9.17) is 0 Å². The molecule has 1 N–H and O–H groups in total. The van der Waals surface area contributed by atoms with Gasteiger partial charge < -0.3 is 9.88 Å². The number of hydrogen-bond acceptors (Lipinski definition) is 2. The molecule has 4 aromatic rings. The second-order valence-electron chi connectivity index (χ2n) is 8.88. The van der Waals surface area contributed by atoms with E-state index in [0.29, 0.717) is 12.0 Å². The molecule has 5 rings (SSSR count). The highest BCUT2D eigenvalue weighted by Gasteiger charge is 2.27. The fourth-order valence-corrected chi connectivity index (χ4v) is 4.85. The average molecular weight is 410 g/mol. The maximum Gasteiger partial charge on any atom is 0.0624 e. The maximum absolute atomic E-state index is 3.48. The van der Waals surface area contributed by atoms with Crippen LogP contribution in [0.15, 0.2) is 85.1 Å². The number of aromatic nitrogens is 1. The van der Waals surface area contributed by atoms with Crippen molar-refractivity contribution in [2.24, 2.45) is 0 Å². The third kappa shape index (κ3) is 3.98. The van der Waals surface area contributed by atoms with Crippen LogP contribution in [0.1, 0.15) is 42.5 Å². The monoisotopic (exact) mass is 409 g/mol. The number of nitrogens with zero attached hydrogens (tertiary/aromatic N) is 2. The Morgan fingerprint density at radius 3 is 1.90 bits per heavy atom.